The number of aromatic nitrogens is 1. The minimum atomic E-state index is -2.00. The predicted octanol–water partition coefficient (Wildman–Crippen LogP) is 12.4. The Morgan fingerprint density at radius 3 is 2.17 bits per heavy atom. The molecule has 0 fully saturated rings. The summed E-state index contributed by atoms with van der Waals surface area (Å²) in [5, 5.41) is 15.3. The van der Waals surface area contributed by atoms with Crippen LogP contribution in [-0.2, 0) is 30.3 Å². The summed E-state index contributed by atoms with van der Waals surface area (Å²) in [7, 11) is 0. The molecule has 1 aliphatic heterocycles. The standard InChI is InChI=1S/C32H23N2O.C13H22F2O2.Ir/c1-32(2,3)26-15-21(14-20-8-4-5-11-22(20)26)28-16-24-25(18-35-29(24)17-33-28)31-23-12-6-9-19-10-7-13-27(34-31)30(19)23;1-5-12(14,6-2)10(16)9-11(17)13(15,7-3)8-4;/h4-13,15-18H,1-3H3;9,16H,5-8H2,1-4H3;/q-1;;/b;10-9-;. The minimum Gasteiger partial charge on any atom is -0.509 e. The van der Waals surface area contributed by atoms with E-state index in [-0.39, 0.29) is 51.2 Å². The number of nitrogens with zero attached hydrogens (tertiary/aromatic N) is 2. The molecule has 1 radical (unpaired) electrons. The van der Waals surface area contributed by atoms with Crippen LogP contribution in [0.15, 0.2) is 107 Å². The number of allylic oxidation sites excluding steroid dienone is 2. The van der Waals surface area contributed by atoms with Gasteiger partial charge in [-0.15, -0.1) is 29.1 Å². The third-order valence-electron chi connectivity index (χ3n) is 10.4. The first-order valence-corrected chi connectivity index (χ1v) is 18.0. The summed E-state index contributed by atoms with van der Waals surface area (Å²) in [6, 6.07) is 29.1. The number of carbonyl (C=O) groups excluding carboxylic acids is 1. The number of hydrogen-bond donors (Lipinski definition) is 1. The molecular formula is C45H45F2IrN2O3-. The van der Waals surface area contributed by atoms with Gasteiger partial charge in [0.2, 0.25) is 0 Å². The first-order valence-electron chi connectivity index (χ1n) is 18.0. The summed E-state index contributed by atoms with van der Waals surface area (Å²) in [6.07, 6.45) is 4.47. The van der Waals surface area contributed by atoms with Crippen molar-refractivity contribution < 1.29 is 43.2 Å². The van der Waals surface area contributed by atoms with Crippen LogP contribution in [-0.4, -0.2) is 32.9 Å². The molecule has 53 heavy (non-hydrogen) atoms. The van der Waals surface area contributed by atoms with Crippen LogP contribution in [0.1, 0.15) is 90.8 Å². The Morgan fingerprint density at radius 2 is 1.51 bits per heavy atom. The van der Waals surface area contributed by atoms with Gasteiger partial charge < -0.3 is 9.52 Å². The first-order chi connectivity index (χ1) is 24.8. The molecule has 0 saturated carbocycles. The van der Waals surface area contributed by atoms with Gasteiger partial charge in [0, 0.05) is 53.8 Å². The Kier molecular flexibility index (Phi) is 11.6. The van der Waals surface area contributed by atoms with Crippen molar-refractivity contribution in [3.05, 3.63) is 120 Å². The van der Waals surface area contributed by atoms with Crippen molar-refractivity contribution in [3.8, 4) is 11.3 Å². The van der Waals surface area contributed by atoms with Gasteiger partial charge in [-0.3, -0.25) is 9.78 Å². The van der Waals surface area contributed by atoms with Gasteiger partial charge >= 0.3 is 0 Å². The Morgan fingerprint density at radius 1 is 0.849 bits per heavy atom. The molecule has 3 heterocycles. The third-order valence-corrected chi connectivity index (χ3v) is 10.4. The number of ketones is 1. The number of pyridine rings is 1. The number of hydrogen-bond acceptors (Lipinski definition) is 5. The molecule has 4 aromatic carbocycles. The Hall–Kier alpha value is -4.52. The van der Waals surface area contributed by atoms with Gasteiger partial charge in [0.25, 0.3) is 0 Å². The van der Waals surface area contributed by atoms with E-state index in [0.29, 0.717) is 6.08 Å². The average Bonchev–Trinajstić information content (AvgIpc) is 3.75. The number of benzene rings is 4. The van der Waals surface area contributed by atoms with Gasteiger partial charge in [-0.05, 0) is 42.6 Å². The zero-order valence-corrected chi connectivity index (χ0v) is 33.6. The van der Waals surface area contributed by atoms with Crippen molar-refractivity contribution in [2.24, 2.45) is 4.99 Å². The molecule has 1 N–H and O–H groups in total. The van der Waals surface area contributed by atoms with E-state index in [1.165, 1.54) is 21.7 Å². The topological polar surface area (TPSA) is 75.7 Å². The Bertz CT molecular complexity index is 2360. The second-order valence-corrected chi connectivity index (χ2v) is 14.5. The first kappa shape index (κ1) is 39.7. The van der Waals surface area contributed by atoms with Crippen LogP contribution in [0.3, 0.4) is 0 Å². The molecule has 1 aliphatic rings. The molecule has 0 saturated heterocycles. The van der Waals surface area contributed by atoms with E-state index in [1.54, 1.807) is 27.7 Å². The largest absolute Gasteiger partial charge is 0.509 e. The Balaban J connectivity index is 0.000000259. The van der Waals surface area contributed by atoms with E-state index in [9.17, 15) is 18.7 Å². The molecule has 8 heteroatoms. The quantitative estimate of drug-likeness (QED) is 0.0890. The van der Waals surface area contributed by atoms with Crippen LogP contribution < -0.4 is 0 Å². The molecule has 0 spiro atoms. The van der Waals surface area contributed by atoms with Crippen molar-refractivity contribution in [1.29, 1.82) is 0 Å². The minimum absolute atomic E-state index is 0. The van der Waals surface area contributed by atoms with Crippen molar-refractivity contribution in [1.82, 2.24) is 4.98 Å². The maximum atomic E-state index is 14.0. The fourth-order valence-corrected chi connectivity index (χ4v) is 6.84. The molecule has 0 amide bonds. The maximum absolute atomic E-state index is 14.0. The second kappa shape index (κ2) is 15.5. The molecule has 7 rings (SSSR count). The summed E-state index contributed by atoms with van der Waals surface area (Å²) in [5.41, 5.74) is 4.07. The van der Waals surface area contributed by atoms with Crippen LogP contribution in [0.2, 0.25) is 0 Å². The van der Waals surface area contributed by atoms with Crippen LogP contribution in [0, 0.1) is 6.07 Å². The third kappa shape index (κ3) is 7.49. The summed E-state index contributed by atoms with van der Waals surface area (Å²) in [5.74, 6) is -1.53. The molecule has 2 aromatic heterocycles. The van der Waals surface area contributed by atoms with Gasteiger partial charge in [-0.2, -0.15) is 0 Å². The molecule has 0 atom stereocenters. The Labute approximate surface area is 323 Å². The van der Waals surface area contributed by atoms with Crippen LogP contribution in [0.4, 0.5) is 14.5 Å². The number of aliphatic imine (C=N–C) groups is 1. The fourth-order valence-electron chi connectivity index (χ4n) is 6.84. The molecule has 0 bridgehead atoms. The average molecular weight is 892 g/mol. The second-order valence-electron chi connectivity index (χ2n) is 14.5. The summed E-state index contributed by atoms with van der Waals surface area (Å²) in [6.45, 7) is 13.0. The van der Waals surface area contributed by atoms with Gasteiger partial charge in [0.1, 0.15) is 12.0 Å². The van der Waals surface area contributed by atoms with Crippen molar-refractivity contribution in [2.75, 3.05) is 0 Å². The van der Waals surface area contributed by atoms with Crippen molar-refractivity contribution in [3.63, 3.8) is 0 Å². The normalized spacial score (nSPS) is 13.2. The summed E-state index contributed by atoms with van der Waals surface area (Å²) >= 11 is 0. The van der Waals surface area contributed by atoms with E-state index in [4.69, 9.17) is 14.4 Å². The van der Waals surface area contributed by atoms with E-state index >= 15 is 0 Å². The smallest absolute Gasteiger partial charge is 0.196 e. The summed E-state index contributed by atoms with van der Waals surface area (Å²) < 4.78 is 33.9. The SMILES string of the molecule is CC(C)(C)c1cc(-c2cc3c(C4=Nc5cccc6cccc4c56)coc3cn2)[c-]c2ccccc12.CCC(F)(CC)C(=O)/C=C(\O)C(F)(CC)CC.[Ir]. The summed E-state index contributed by atoms with van der Waals surface area (Å²) in [4.78, 5) is 21.4. The van der Waals surface area contributed by atoms with Crippen molar-refractivity contribution >= 4 is 49.7 Å². The van der Waals surface area contributed by atoms with Crippen LogP contribution >= 0.6 is 0 Å². The molecule has 0 unspecified atom stereocenters. The number of carbonyl (C=O) groups is 1. The zero-order chi connectivity index (χ0) is 37.4. The van der Waals surface area contributed by atoms with E-state index < -0.39 is 22.9 Å². The molecule has 277 valence electrons. The van der Waals surface area contributed by atoms with E-state index in [0.717, 1.165) is 50.1 Å². The number of rotatable bonds is 9. The predicted molar refractivity (Wildman–Crippen MR) is 208 cm³/mol. The zero-order valence-electron chi connectivity index (χ0n) is 31.2. The molecule has 6 aromatic rings. The van der Waals surface area contributed by atoms with Crippen molar-refractivity contribution in [2.45, 2.75) is 90.9 Å². The molecular weight excluding hydrogens is 847 g/mol. The van der Waals surface area contributed by atoms with Gasteiger partial charge in [-0.1, -0.05) is 114 Å². The maximum Gasteiger partial charge on any atom is 0.196 e. The van der Waals surface area contributed by atoms with Gasteiger partial charge in [0.15, 0.2) is 22.7 Å². The molecule has 0 aliphatic carbocycles. The van der Waals surface area contributed by atoms with Crippen LogP contribution in [0.25, 0.3) is 43.8 Å². The number of furan rings is 1. The number of aliphatic hydroxyl groups excluding tert-OH is 1. The monoisotopic (exact) mass is 892 g/mol. The van der Waals surface area contributed by atoms with Gasteiger partial charge in [-0.25, -0.2) is 13.8 Å². The van der Waals surface area contributed by atoms with E-state index in [2.05, 4.69) is 99.6 Å². The fraction of sp³-hybridized carbons (Fsp3) is 0.311. The number of alkyl halides is 2. The number of halogens is 2. The van der Waals surface area contributed by atoms with Gasteiger partial charge in [0.05, 0.1) is 17.6 Å². The number of fused-ring (bicyclic) bond motifs is 2. The van der Waals surface area contributed by atoms with Crippen LogP contribution in [0.5, 0.6) is 0 Å². The van der Waals surface area contributed by atoms with E-state index in [1.807, 2.05) is 12.5 Å². The number of aliphatic hydroxyl groups is 1. The molecule has 5 nitrogen and oxygen atoms in total.